The Balaban J connectivity index is 2.00. The van der Waals surface area contributed by atoms with Crippen molar-refractivity contribution in [2.24, 2.45) is 10.2 Å². The standard InChI is InChI=1S/C20H14Br2N2O/c21-17-11-16(20(25)18(22)12-17)13-23-24-19(14-7-3-1-4-8-14)15-9-5-2-6-10-15/h1-13,25H/b23-13+. The van der Waals surface area contributed by atoms with Crippen LogP contribution in [0.25, 0.3) is 0 Å². The van der Waals surface area contributed by atoms with E-state index in [4.69, 9.17) is 0 Å². The van der Waals surface area contributed by atoms with E-state index in [9.17, 15) is 5.11 Å². The second-order valence-corrected chi connectivity index (χ2v) is 7.02. The van der Waals surface area contributed by atoms with Crippen LogP contribution in [0.4, 0.5) is 0 Å². The van der Waals surface area contributed by atoms with Gasteiger partial charge in [-0.3, -0.25) is 0 Å². The third-order valence-electron chi connectivity index (χ3n) is 3.51. The minimum atomic E-state index is 0.128. The molecule has 0 aromatic heterocycles. The zero-order valence-electron chi connectivity index (χ0n) is 13.1. The van der Waals surface area contributed by atoms with Crippen molar-refractivity contribution in [1.82, 2.24) is 0 Å². The average Bonchev–Trinajstić information content (AvgIpc) is 2.64. The molecule has 0 aliphatic rings. The van der Waals surface area contributed by atoms with E-state index >= 15 is 0 Å². The van der Waals surface area contributed by atoms with Crippen molar-refractivity contribution in [1.29, 1.82) is 0 Å². The lowest BCUT2D eigenvalue weighted by molar-refractivity contribution is 0.471. The van der Waals surface area contributed by atoms with Gasteiger partial charge < -0.3 is 5.11 Å². The Morgan fingerprint density at radius 3 is 1.96 bits per heavy atom. The molecule has 3 aromatic carbocycles. The molecule has 0 aliphatic heterocycles. The second-order valence-electron chi connectivity index (χ2n) is 5.25. The maximum absolute atomic E-state index is 10.1. The molecule has 1 N–H and O–H groups in total. The molecule has 25 heavy (non-hydrogen) atoms. The van der Waals surface area contributed by atoms with Gasteiger partial charge in [0.25, 0.3) is 0 Å². The molecule has 3 nitrogen and oxygen atoms in total. The molecule has 0 unspecified atom stereocenters. The van der Waals surface area contributed by atoms with Crippen LogP contribution in [-0.4, -0.2) is 17.0 Å². The summed E-state index contributed by atoms with van der Waals surface area (Å²) in [5.74, 6) is 0.128. The highest BCUT2D eigenvalue weighted by atomic mass is 79.9. The Bertz CT molecular complexity index is 882. The smallest absolute Gasteiger partial charge is 0.138 e. The summed E-state index contributed by atoms with van der Waals surface area (Å²) in [6.07, 6.45) is 1.54. The van der Waals surface area contributed by atoms with E-state index in [0.29, 0.717) is 10.0 Å². The van der Waals surface area contributed by atoms with Gasteiger partial charge in [0.1, 0.15) is 11.5 Å². The van der Waals surface area contributed by atoms with Crippen molar-refractivity contribution < 1.29 is 5.11 Å². The molecule has 0 bridgehead atoms. The van der Waals surface area contributed by atoms with Crippen LogP contribution in [0, 0.1) is 0 Å². The topological polar surface area (TPSA) is 45.0 Å². The molecule has 0 aliphatic carbocycles. The summed E-state index contributed by atoms with van der Waals surface area (Å²) in [7, 11) is 0. The third-order valence-corrected chi connectivity index (χ3v) is 4.57. The molecule has 0 fully saturated rings. The van der Waals surface area contributed by atoms with Crippen LogP contribution in [0.15, 0.2) is 91.9 Å². The lowest BCUT2D eigenvalue weighted by Crippen LogP contribution is -2.02. The van der Waals surface area contributed by atoms with E-state index in [1.165, 1.54) is 6.21 Å². The lowest BCUT2D eigenvalue weighted by atomic mass is 10.0. The summed E-state index contributed by atoms with van der Waals surface area (Å²) in [6, 6.07) is 23.3. The molecular formula is C20H14Br2N2O. The first kappa shape index (κ1) is 17.6. The molecule has 3 rings (SSSR count). The predicted octanol–water partition coefficient (Wildman–Crippen LogP) is 5.79. The first-order valence-electron chi connectivity index (χ1n) is 7.55. The van der Waals surface area contributed by atoms with Crippen molar-refractivity contribution >= 4 is 43.8 Å². The van der Waals surface area contributed by atoms with Crippen LogP contribution in [-0.2, 0) is 0 Å². The monoisotopic (exact) mass is 456 g/mol. The summed E-state index contributed by atoms with van der Waals surface area (Å²) < 4.78 is 1.44. The van der Waals surface area contributed by atoms with Crippen LogP contribution in [0.3, 0.4) is 0 Å². The Labute approximate surface area is 163 Å². The van der Waals surface area contributed by atoms with E-state index in [2.05, 4.69) is 42.1 Å². The van der Waals surface area contributed by atoms with Gasteiger partial charge in [0.2, 0.25) is 0 Å². The maximum Gasteiger partial charge on any atom is 0.138 e. The Morgan fingerprint density at radius 1 is 0.840 bits per heavy atom. The number of halogens is 2. The average molecular weight is 458 g/mol. The number of aromatic hydroxyl groups is 1. The van der Waals surface area contributed by atoms with Gasteiger partial charge in [0, 0.05) is 21.2 Å². The van der Waals surface area contributed by atoms with Crippen molar-refractivity contribution in [2.75, 3.05) is 0 Å². The fourth-order valence-electron chi connectivity index (χ4n) is 2.31. The normalized spacial score (nSPS) is 10.8. The number of nitrogens with zero attached hydrogens (tertiary/aromatic N) is 2. The fourth-order valence-corrected chi connectivity index (χ4v) is 3.57. The number of benzene rings is 3. The molecule has 0 atom stereocenters. The van der Waals surface area contributed by atoms with Crippen molar-refractivity contribution in [3.05, 3.63) is 98.4 Å². The van der Waals surface area contributed by atoms with Crippen LogP contribution in [0.2, 0.25) is 0 Å². The van der Waals surface area contributed by atoms with Gasteiger partial charge in [-0.1, -0.05) is 76.6 Å². The summed E-state index contributed by atoms with van der Waals surface area (Å²) >= 11 is 6.72. The number of hydrogen-bond acceptors (Lipinski definition) is 3. The zero-order chi connectivity index (χ0) is 17.6. The highest BCUT2D eigenvalue weighted by Crippen LogP contribution is 2.30. The number of hydrogen-bond donors (Lipinski definition) is 1. The molecule has 0 saturated heterocycles. The first-order chi connectivity index (χ1) is 12.1. The zero-order valence-corrected chi connectivity index (χ0v) is 16.3. The van der Waals surface area contributed by atoms with E-state index in [1.54, 1.807) is 12.1 Å². The molecule has 3 aromatic rings. The number of rotatable bonds is 4. The summed E-state index contributed by atoms with van der Waals surface area (Å²) in [6.45, 7) is 0. The third kappa shape index (κ3) is 4.44. The molecule has 124 valence electrons. The molecule has 0 amide bonds. The van der Waals surface area contributed by atoms with Crippen LogP contribution in [0.5, 0.6) is 5.75 Å². The maximum atomic E-state index is 10.1. The molecule has 5 heteroatoms. The lowest BCUT2D eigenvalue weighted by Gasteiger charge is -2.05. The van der Waals surface area contributed by atoms with Gasteiger partial charge in [0.15, 0.2) is 0 Å². The summed E-state index contributed by atoms with van der Waals surface area (Å²) in [5.41, 5.74) is 3.30. The van der Waals surface area contributed by atoms with E-state index < -0.39 is 0 Å². The molecular weight excluding hydrogens is 444 g/mol. The number of phenolic OH excluding ortho intramolecular Hbond substituents is 1. The van der Waals surface area contributed by atoms with E-state index in [0.717, 1.165) is 21.3 Å². The highest BCUT2D eigenvalue weighted by molar-refractivity contribution is 9.11. The minimum Gasteiger partial charge on any atom is -0.506 e. The summed E-state index contributed by atoms with van der Waals surface area (Å²) in [5, 5.41) is 18.7. The molecule has 0 heterocycles. The molecule has 0 radical (unpaired) electrons. The van der Waals surface area contributed by atoms with Crippen molar-refractivity contribution in [3.8, 4) is 5.75 Å². The summed E-state index contributed by atoms with van der Waals surface area (Å²) in [4.78, 5) is 0. The van der Waals surface area contributed by atoms with Crippen LogP contribution in [0.1, 0.15) is 16.7 Å². The van der Waals surface area contributed by atoms with E-state index in [1.807, 2.05) is 60.7 Å². The molecule has 0 spiro atoms. The van der Waals surface area contributed by atoms with Gasteiger partial charge in [-0.05, 0) is 28.1 Å². The van der Waals surface area contributed by atoms with Gasteiger partial charge >= 0.3 is 0 Å². The van der Waals surface area contributed by atoms with Crippen molar-refractivity contribution in [2.45, 2.75) is 0 Å². The van der Waals surface area contributed by atoms with Gasteiger partial charge in [0.05, 0.1) is 10.7 Å². The number of phenols is 1. The Kier molecular flexibility index (Phi) is 5.79. The Hall–Kier alpha value is -2.24. The fraction of sp³-hybridized carbons (Fsp3) is 0. The van der Waals surface area contributed by atoms with Gasteiger partial charge in [-0.15, -0.1) is 5.10 Å². The highest BCUT2D eigenvalue weighted by Gasteiger charge is 2.07. The quantitative estimate of drug-likeness (QED) is 0.391. The first-order valence-corrected chi connectivity index (χ1v) is 9.13. The predicted molar refractivity (Wildman–Crippen MR) is 110 cm³/mol. The van der Waals surface area contributed by atoms with Crippen LogP contribution < -0.4 is 0 Å². The van der Waals surface area contributed by atoms with Crippen molar-refractivity contribution in [3.63, 3.8) is 0 Å². The SMILES string of the molecule is Oc1c(Br)cc(Br)cc1/C=N/N=C(c1ccccc1)c1ccccc1. The van der Waals surface area contributed by atoms with E-state index in [-0.39, 0.29) is 5.75 Å². The van der Waals surface area contributed by atoms with Crippen LogP contribution >= 0.6 is 31.9 Å². The Morgan fingerprint density at radius 2 is 1.40 bits per heavy atom. The second kappa shape index (κ2) is 8.23. The largest absolute Gasteiger partial charge is 0.506 e. The minimum absolute atomic E-state index is 0.128. The van der Waals surface area contributed by atoms with Gasteiger partial charge in [-0.2, -0.15) is 5.10 Å². The van der Waals surface area contributed by atoms with Gasteiger partial charge in [-0.25, -0.2) is 0 Å². The molecule has 0 saturated carbocycles.